The zero-order chi connectivity index (χ0) is 19.7. The Morgan fingerprint density at radius 1 is 1.25 bits per heavy atom. The van der Waals surface area contributed by atoms with Crippen LogP contribution in [0.25, 0.3) is 11.6 Å². The molecule has 1 fully saturated rings. The molecule has 3 nitrogen and oxygen atoms in total. The Morgan fingerprint density at radius 2 is 2.04 bits per heavy atom. The maximum Gasteiger partial charge on any atom is 0.226 e. The van der Waals surface area contributed by atoms with Crippen LogP contribution in [-0.2, 0) is 4.79 Å². The summed E-state index contributed by atoms with van der Waals surface area (Å²) in [6.45, 7) is 2.05. The quantitative estimate of drug-likeness (QED) is 0.680. The van der Waals surface area contributed by atoms with E-state index in [9.17, 15) is 4.79 Å². The Kier molecular flexibility index (Phi) is 5.93. The minimum Gasteiger partial charge on any atom is -0.343 e. The van der Waals surface area contributed by atoms with Crippen molar-refractivity contribution in [3.63, 3.8) is 0 Å². The average Bonchev–Trinajstić information content (AvgIpc) is 2.83. The summed E-state index contributed by atoms with van der Waals surface area (Å²) in [6, 6.07) is 6.61. The van der Waals surface area contributed by atoms with Gasteiger partial charge in [-0.3, -0.25) is 4.79 Å². The fourth-order valence-electron chi connectivity index (χ4n) is 5.03. The van der Waals surface area contributed by atoms with Crippen LogP contribution < -0.4 is 0 Å². The summed E-state index contributed by atoms with van der Waals surface area (Å²) >= 11 is 6.32. The fraction of sp³-hybridized carbons (Fsp3) is 0.542. The first-order valence-corrected chi connectivity index (χ1v) is 11.0. The lowest BCUT2D eigenvalue weighted by Gasteiger charge is -2.32. The number of halogens is 1. The lowest BCUT2D eigenvalue weighted by molar-refractivity contribution is -0.131. The Hall–Kier alpha value is -1.58. The predicted molar refractivity (Wildman–Crippen MR) is 117 cm³/mol. The standard InChI is InChI=1S/C24H31ClN2O/c1-26-11-10-22-19(16-26)13-17(12-18-8-9-20(25)15-23(18)22)14-24(28)27(2)21-6-4-3-5-7-21/h8-9,12,15,21H,3-7,10-11,13-14,16H2,1-2H3. The molecule has 1 aromatic rings. The van der Waals surface area contributed by atoms with Gasteiger partial charge in [0.25, 0.3) is 0 Å². The molecule has 3 aliphatic rings. The highest BCUT2D eigenvalue weighted by Crippen LogP contribution is 2.38. The first-order valence-electron chi connectivity index (χ1n) is 10.7. The summed E-state index contributed by atoms with van der Waals surface area (Å²) in [5.74, 6) is 0.266. The zero-order valence-corrected chi connectivity index (χ0v) is 17.9. The molecule has 0 spiro atoms. The minimum atomic E-state index is 0.266. The van der Waals surface area contributed by atoms with Crippen molar-refractivity contribution in [3.05, 3.63) is 45.5 Å². The second-order valence-electron chi connectivity index (χ2n) is 8.75. The second-order valence-corrected chi connectivity index (χ2v) is 9.19. The van der Waals surface area contributed by atoms with E-state index in [1.807, 2.05) is 18.0 Å². The van der Waals surface area contributed by atoms with Crippen LogP contribution in [0.1, 0.15) is 62.5 Å². The van der Waals surface area contributed by atoms with Crippen molar-refractivity contribution in [3.8, 4) is 0 Å². The second kappa shape index (κ2) is 8.42. The summed E-state index contributed by atoms with van der Waals surface area (Å²) < 4.78 is 0. The molecule has 1 heterocycles. The first-order chi connectivity index (χ1) is 13.5. The first kappa shape index (κ1) is 19.7. The number of benzene rings is 1. The Morgan fingerprint density at radius 3 is 2.82 bits per heavy atom. The molecule has 0 bridgehead atoms. The largest absolute Gasteiger partial charge is 0.343 e. The summed E-state index contributed by atoms with van der Waals surface area (Å²) in [7, 11) is 4.18. The van der Waals surface area contributed by atoms with Gasteiger partial charge in [0, 0.05) is 37.6 Å². The third kappa shape index (κ3) is 4.21. The molecule has 0 radical (unpaired) electrons. The Bertz CT molecular complexity index is 820. The van der Waals surface area contributed by atoms with E-state index >= 15 is 0 Å². The molecule has 0 aromatic heterocycles. The van der Waals surface area contributed by atoms with Crippen LogP contribution in [-0.4, -0.2) is 48.9 Å². The molecule has 28 heavy (non-hydrogen) atoms. The molecule has 0 atom stereocenters. The van der Waals surface area contributed by atoms with Gasteiger partial charge in [0.2, 0.25) is 5.91 Å². The molecule has 0 unspecified atom stereocenters. The molecule has 1 amide bonds. The summed E-state index contributed by atoms with van der Waals surface area (Å²) in [5.41, 5.74) is 6.60. The van der Waals surface area contributed by atoms with Gasteiger partial charge in [0.15, 0.2) is 0 Å². The molecule has 0 saturated heterocycles. The molecule has 4 heteroatoms. The van der Waals surface area contributed by atoms with Gasteiger partial charge >= 0.3 is 0 Å². The van der Waals surface area contributed by atoms with Gasteiger partial charge < -0.3 is 9.80 Å². The van der Waals surface area contributed by atoms with Crippen molar-refractivity contribution in [2.45, 2.75) is 57.4 Å². The van der Waals surface area contributed by atoms with Crippen LogP contribution >= 0.6 is 11.6 Å². The number of hydrogen-bond donors (Lipinski definition) is 0. The van der Waals surface area contributed by atoms with Gasteiger partial charge in [-0.25, -0.2) is 0 Å². The molecule has 1 aliphatic heterocycles. The Balaban J connectivity index is 1.60. The topological polar surface area (TPSA) is 23.6 Å². The Labute approximate surface area is 174 Å². The molecule has 2 aliphatic carbocycles. The third-order valence-corrected chi connectivity index (χ3v) is 6.90. The molecule has 0 N–H and O–H groups in total. The summed E-state index contributed by atoms with van der Waals surface area (Å²) in [5, 5.41) is 0.787. The van der Waals surface area contributed by atoms with Crippen molar-refractivity contribution >= 4 is 29.2 Å². The zero-order valence-electron chi connectivity index (χ0n) is 17.1. The van der Waals surface area contributed by atoms with Gasteiger partial charge in [-0.1, -0.05) is 48.6 Å². The molecule has 1 aromatic carbocycles. The summed E-state index contributed by atoms with van der Waals surface area (Å²) in [4.78, 5) is 17.5. The van der Waals surface area contributed by atoms with Crippen LogP contribution in [0.15, 0.2) is 29.3 Å². The average molecular weight is 399 g/mol. The molecule has 4 rings (SSSR count). The number of likely N-dealkylation sites (N-methyl/N-ethyl adjacent to an activating group) is 1. The monoisotopic (exact) mass is 398 g/mol. The highest BCUT2D eigenvalue weighted by Gasteiger charge is 2.26. The van der Waals surface area contributed by atoms with E-state index in [0.717, 1.165) is 43.8 Å². The normalized spacial score (nSPS) is 20.9. The number of carbonyl (C=O) groups excluding carboxylic acids is 1. The van der Waals surface area contributed by atoms with Crippen LogP contribution in [0.5, 0.6) is 0 Å². The molecular formula is C24H31ClN2O. The van der Waals surface area contributed by atoms with E-state index in [4.69, 9.17) is 11.6 Å². The lowest BCUT2D eigenvalue weighted by atomic mass is 9.90. The van der Waals surface area contributed by atoms with Crippen LogP contribution in [0.4, 0.5) is 0 Å². The third-order valence-electron chi connectivity index (χ3n) is 6.67. The number of amides is 1. The molecule has 150 valence electrons. The highest BCUT2D eigenvalue weighted by atomic mass is 35.5. The number of rotatable bonds is 3. The van der Waals surface area contributed by atoms with Gasteiger partial charge in [-0.15, -0.1) is 0 Å². The van der Waals surface area contributed by atoms with Gasteiger partial charge in [-0.05, 0) is 67.1 Å². The summed E-state index contributed by atoms with van der Waals surface area (Å²) in [6.07, 6.45) is 10.8. The maximum absolute atomic E-state index is 13.1. The number of carbonyl (C=O) groups is 1. The predicted octanol–water partition coefficient (Wildman–Crippen LogP) is 5.40. The smallest absolute Gasteiger partial charge is 0.226 e. The SMILES string of the molecule is CN1CCC2=C(CC(CC(=O)N(C)C3CCCCC3)=Cc3ccc(Cl)cc32)C1. The van der Waals surface area contributed by atoms with Crippen molar-refractivity contribution in [1.82, 2.24) is 9.80 Å². The van der Waals surface area contributed by atoms with Crippen molar-refractivity contribution in [1.29, 1.82) is 0 Å². The van der Waals surface area contributed by atoms with Crippen molar-refractivity contribution in [2.24, 2.45) is 0 Å². The van der Waals surface area contributed by atoms with E-state index in [1.54, 1.807) is 0 Å². The van der Waals surface area contributed by atoms with E-state index < -0.39 is 0 Å². The van der Waals surface area contributed by atoms with Gasteiger partial charge in [-0.2, -0.15) is 0 Å². The van der Waals surface area contributed by atoms with Crippen LogP contribution in [0.3, 0.4) is 0 Å². The van der Waals surface area contributed by atoms with Gasteiger partial charge in [0.1, 0.15) is 0 Å². The number of nitrogens with zero attached hydrogens (tertiary/aromatic N) is 2. The fourth-order valence-corrected chi connectivity index (χ4v) is 5.20. The molecule has 1 saturated carbocycles. The van der Waals surface area contributed by atoms with E-state index in [1.165, 1.54) is 47.1 Å². The van der Waals surface area contributed by atoms with Crippen molar-refractivity contribution in [2.75, 3.05) is 27.2 Å². The number of fused-ring (bicyclic) bond motifs is 2. The highest BCUT2D eigenvalue weighted by molar-refractivity contribution is 6.30. The van der Waals surface area contributed by atoms with Gasteiger partial charge in [0.05, 0.1) is 0 Å². The van der Waals surface area contributed by atoms with Crippen LogP contribution in [0.2, 0.25) is 5.02 Å². The van der Waals surface area contributed by atoms with E-state index in [2.05, 4.69) is 30.2 Å². The van der Waals surface area contributed by atoms with E-state index in [-0.39, 0.29) is 5.91 Å². The van der Waals surface area contributed by atoms with Crippen molar-refractivity contribution < 1.29 is 4.79 Å². The number of hydrogen-bond acceptors (Lipinski definition) is 2. The minimum absolute atomic E-state index is 0.266. The molecular weight excluding hydrogens is 368 g/mol. The maximum atomic E-state index is 13.1. The van der Waals surface area contributed by atoms with E-state index in [0.29, 0.717) is 12.5 Å². The lowest BCUT2D eigenvalue weighted by Crippen LogP contribution is -2.38. The van der Waals surface area contributed by atoms with Crippen LogP contribution in [0, 0.1) is 0 Å².